The Labute approximate surface area is 130 Å². The molecule has 0 aromatic carbocycles. The number of rotatable bonds is 7. The fraction of sp³-hybridized carbons (Fsp3) is 0.923. The monoisotopic (exact) mass is 370 g/mol. The van der Waals surface area contributed by atoms with Gasteiger partial charge in [-0.25, -0.2) is 0 Å². The third-order valence-corrected chi connectivity index (χ3v) is 2.74. The molecular weight excluding hydrogens is 339 g/mol. The zero-order chi connectivity index (χ0) is 13.3. The highest BCUT2D eigenvalue weighted by Gasteiger charge is 2.13. The van der Waals surface area contributed by atoms with Gasteiger partial charge in [0.25, 0.3) is 0 Å². The lowest BCUT2D eigenvalue weighted by Gasteiger charge is -2.27. The summed E-state index contributed by atoms with van der Waals surface area (Å²) in [5.74, 6) is 1.62. The van der Waals surface area contributed by atoms with E-state index in [2.05, 4.69) is 55.4 Å². The molecule has 18 heavy (non-hydrogen) atoms. The minimum Gasteiger partial charge on any atom is -0.356 e. The Balaban J connectivity index is 0. The average Bonchev–Trinajstić information content (AvgIpc) is 2.26. The summed E-state index contributed by atoms with van der Waals surface area (Å²) >= 11 is 0. The fourth-order valence-electron chi connectivity index (χ4n) is 1.70. The van der Waals surface area contributed by atoms with Crippen LogP contribution in [-0.4, -0.2) is 51.1 Å². The Morgan fingerprint density at radius 2 is 1.83 bits per heavy atom. The minimum absolute atomic E-state index is 0. The van der Waals surface area contributed by atoms with Crippen LogP contribution in [0, 0.1) is 5.92 Å². The predicted octanol–water partition coefficient (Wildman–Crippen LogP) is 2.16. The number of hydrogen-bond acceptors (Lipinski definition) is 2. The van der Waals surface area contributed by atoms with Gasteiger partial charge in [0.05, 0.1) is 0 Å². The fourth-order valence-corrected chi connectivity index (χ4v) is 1.70. The van der Waals surface area contributed by atoms with E-state index in [4.69, 9.17) is 0 Å². The van der Waals surface area contributed by atoms with Crippen LogP contribution in [0.1, 0.15) is 33.6 Å². The molecule has 0 aromatic heterocycles. The number of guanidine groups is 1. The molecule has 1 unspecified atom stereocenters. The summed E-state index contributed by atoms with van der Waals surface area (Å²) in [6.45, 7) is 8.59. The summed E-state index contributed by atoms with van der Waals surface area (Å²) in [6.07, 6.45) is 2.31. The van der Waals surface area contributed by atoms with E-state index < -0.39 is 0 Å². The van der Waals surface area contributed by atoms with Crippen LogP contribution in [0.4, 0.5) is 0 Å². The standard InChI is InChI=1S/C13H30N4.HI/c1-7-8-15-13(14-4)16-10-12(17(5)6)9-11(2)3;/h11-12H,7-10H2,1-6H3,(H2,14,15,16);1H. The normalized spacial score (nSPS) is 13.4. The van der Waals surface area contributed by atoms with Crippen molar-refractivity contribution in [2.75, 3.05) is 34.2 Å². The first-order valence-electron chi connectivity index (χ1n) is 6.62. The maximum atomic E-state index is 4.21. The van der Waals surface area contributed by atoms with E-state index in [-0.39, 0.29) is 24.0 Å². The van der Waals surface area contributed by atoms with Gasteiger partial charge in [-0.1, -0.05) is 20.8 Å². The molecule has 0 aliphatic carbocycles. The molecule has 0 rings (SSSR count). The molecule has 0 heterocycles. The molecule has 0 fully saturated rings. The number of nitrogens with one attached hydrogen (secondary N) is 2. The highest BCUT2D eigenvalue weighted by Crippen LogP contribution is 2.07. The summed E-state index contributed by atoms with van der Waals surface area (Å²) in [5.41, 5.74) is 0. The van der Waals surface area contributed by atoms with Crippen LogP contribution >= 0.6 is 24.0 Å². The Kier molecular flexibility index (Phi) is 13.5. The lowest BCUT2D eigenvalue weighted by molar-refractivity contribution is 0.254. The van der Waals surface area contributed by atoms with E-state index in [1.165, 1.54) is 6.42 Å². The van der Waals surface area contributed by atoms with Crippen molar-refractivity contribution in [2.45, 2.75) is 39.7 Å². The smallest absolute Gasteiger partial charge is 0.191 e. The van der Waals surface area contributed by atoms with Crippen molar-refractivity contribution in [2.24, 2.45) is 10.9 Å². The van der Waals surface area contributed by atoms with Gasteiger partial charge in [-0.3, -0.25) is 4.99 Å². The van der Waals surface area contributed by atoms with Crippen molar-refractivity contribution >= 4 is 29.9 Å². The molecule has 0 spiro atoms. The van der Waals surface area contributed by atoms with Crippen molar-refractivity contribution in [1.82, 2.24) is 15.5 Å². The lowest BCUT2D eigenvalue weighted by atomic mass is 10.0. The van der Waals surface area contributed by atoms with Gasteiger partial charge in [-0.15, -0.1) is 24.0 Å². The van der Waals surface area contributed by atoms with E-state index in [1.54, 1.807) is 0 Å². The molecule has 0 saturated carbocycles. The zero-order valence-corrected chi connectivity index (χ0v) is 15.1. The molecule has 0 bridgehead atoms. The number of aliphatic imine (C=N–C) groups is 1. The second-order valence-corrected chi connectivity index (χ2v) is 5.13. The molecule has 0 aliphatic heterocycles. The van der Waals surface area contributed by atoms with Crippen molar-refractivity contribution in [3.8, 4) is 0 Å². The summed E-state index contributed by atoms with van der Waals surface area (Å²) in [6, 6.07) is 0.551. The molecule has 0 aromatic rings. The first kappa shape index (κ1) is 20.3. The highest BCUT2D eigenvalue weighted by molar-refractivity contribution is 14.0. The molecule has 0 saturated heterocycles. The summed E-state index contributed by atoms with van der Waals surface area (Å²) in [4.78, 5) is 6.49. The van der Waals surface area contributed by atoms with E-state index in [9.17, 15) is 0 Å². The number of likely N-dealkylation sites (N-methyl/N-ethyl adjacent to an activating group) is 1. The SMILES string of the molecule is CCCNC(=NC)NCC(CC(C)C)N(C)C.I. The highest BCUT2D eigenvalue weighted by atomic mass is 127. The molecule has 1 atom stereocenters. The average molecular weight is 370 g/mol. The van der Waals surface area contributed by atoms with Crippen LogP contribution in [-0.2, 0) is 0 Å². The predicted molar refractivity (Wildman–Crippen MR) is 92.0 cm³/mol. The molecule has 0 aliphatic rings. The van der Waals surface area contributed by atoms with Gasteiger partial charge >= 0.3 is 0 Å². The van der Waals surface area contributed by atoms with E-state index in [0.717, 1.165) is 31.4 Å². The molecule has 0 radical (unpaired) electrons. The van der Waals surface area contributed by atoms with Gasteiger partial charge in [0.2, 0.25) is 0 Å². The van der Waals surface area contributed by atoms with Crippen LogP contribution < -0.4 is 10.6 Å². The van der Waals surface area contributed by atoms with Gasteiger partial charge in [-0.05, 0) is 32.9 Å². The van der Waals surface area contributed by atoms with Crippen molar-refractivity contribution < 1.29 is 0 Å². The molecule has 4 nitrogen and oxygen atoms in total. The van der Waals surface area contributed by atoms with Crippen molar-refractivity contribution in [1.29, 1.82) is 0 Å². The first-order valence-corrected chi connectivity index (χ1v) is 6.62. The van der Waals surface area contributed by atoms with Crippen LogP contribution in [0.3, 0.4) is 0 Å². The number of hydrogen-bond donors (Lipinski definition) is 2. The van der Waals surface area contributed by atoms with Gasteiger partial charge in [0.1, 0.15) is 0 Å². The zero-order valence-electron chi connectivity index (χ0n) is 12.8. The van der Waals surface area contributed by atoms with Gasteiger partial charge < -0.3 is 15.5 Å². The van der Waals surface area contributed by atoms with Crippen LogP contribution in [0.5, 0.6) is 0 Å². The summed E-state index contributed by atoms with van der Waals surface area (Å²) < 4.78 is 0. The third-order valence-electron chi connectivity index (χ3n) is 2.74. The minimum atomic E-state index is 0. The Morgan fingerprint density at radius 1 is 1.22 bits per heavy atom. The molecule has 2 N–H and O–H groups in total. The Morgan fingerprint density at radius 3 is 2.22 bits per heavy atom. The Hall–Kier alpha value is -0.0400. The molecule has 110 valence electrons. The molecule has 5 heteroatoms. The quantitative estimate of drug-likeness (QED) is 0.410. The van der Waals surface area contributed by atoms with E-state index >= 15 is 0 Å². The largest absolute Gasteiger partial charge is 0.356 e. The second kappa shape index (κ2) is 12.0. The maximum Gasteiger partial charge on any atom is 0.191 e. The van der Waals surface area contributed by atoms with Crippen LogP contribution in [0.2, 0.25) is 0 Å². The Bertz CT molecular complexity index is 217. The van der Waals surface area contributed by atoms with Crippen molar-refractivity contribution in [3.05, 3.63) is 0 Å². The van der Waals surface area contributed by atoms with E-state index in [0.29, 0.717) is 6.04 Å². The van der Waals surface area contributed by atoms with Gasteiger partial charge in [0.15, 0.2) is 5.96 Å². The van der Waals surface area contributed by atoms with Crippen molar-refractivity contribution in [3.63, 3.8) is 0 Å². The maximum absolute atomic E-state index is 4.21. The summed E-state index contributed by atoms with van der Waals surface area (Å²) in [7, 11) is 6.09. The number of halogens is 1. The summed E-state index contributed by atoms with van der Waals surface area (Å²) in [5, 5.41) is 6.68. The topological polar surface area (TPSA) is 39.7 Å². The van der Waals surface area contributed by atoms with E-state index in [1.807, 2.05) is 7.05 Å². The first-order chi connectivity index (χ1) is 8.01. The van der Waals surface area contributed by atoms with Gasteiger partial charge in [-0.2, -0.15) is 0 Å². The van der Waals surface area contributed by atoms with Crippen LogP contribution in [0.25, 0.3) is 0 Å². The van der Waals surface area contributed by atoms with Gasteiger partial charge in [0, 0.05) is 26.2 Å². The third kappa shape index (κ3) is 9.94. The molecule has 0 amide bonds. The number of nitrogens with zero attached hydrogens (tertiary/aromatic N) is 2. The molecular formula is C13H31IN4. The lowest BCUT2D eigenvalue weighted by Crippen LogP contribution is -2.45. The van der Waals surface area contributed by atoms with Crippen LogP contribution in [0.15, 0.2) is 4.99 Å². The second-order valence-electron chi connectivity index (χ2n) is 5.13.